The van der Waals surface area contributed by atoms with Crippen molar-refractivity contribution in [2.75, 3.05) is 13.2 Å². The van der Waals surface area contributed by atoms with Crippen molar-refractivity contribution in [1.82, 2.24) is 15.5 Å². The molecule has 184 valence electrons. The van der Waals surface area contributed by atoms with Crippen molar-refractivity contribution < 1.29 is 24.2 Å². The summed E-state index contributed by atoms with van der Waals surface area (Å²) in [5, 5.41) is 15.9. The van der Waals surface area contributed by atoms with Gasteiger partial charge in [0.1, 0.15) is 11.6 Å². The molecule has 34 heavy (non-hydrogen) atoms. The average molecular weight is 470 g/mol. The molecule has 2 unspecified atom stereocenters. The molecule has 1 aromatic carbocycles. The number of benzene rings is 1. The van der Waals surface area contributed by atoms with Gasteiger partial charge in [-0.05, 0) is 38.2 Å². The predicted octanol–water partition coefficient (Wildman–Crippen LogP) is 1.51. The number of rotatable bonds is 7. The fourth-order valence-electron chi connectivity index (χ4n) is 6.90. The Morgan fingerprint density at radius 2 is 1.85 bits per heavy atom. The van der Waals surface area contributed by atoms with Crippen LogP contribution in [-0.4, -0.2) is 64.2 Å². The van der Waals surface area contributed by atoms with Crippen LogP contribution in [0.4, 0.5) is 0 Å². The summed E-state index contributed by atoms with van der Waals surface area (Å²) in [6.07, 6.45) is 6.38. The number of nitrogens with one attached hydrogen (secondary N) is 2. The SMILES string of the molecule is C[C@@]12CCC3(O1)C(C(=O)NC1CCCCC1)N(CCO)C(=O)[C@@H]3[C@@H]2C(=O)NCc1ccccc1. The first-order chi connectivity index (χ1) is 16.4. The first kappa shape index (κ1) is 23.3. The zero-order chi connectivity index (χ0) is 23.9. The molecule has 5 atom stereocenters. The van der Waals surface area contributed by atoms with E-state index < -0.39 is 29.1 Å². The van der Waals surface area contributed by atoms with Gasteiger partial charge in [0.2, 0.25) is 17.7 Å². The summed E-state index contributed by atoms with van der Waals surface area (Å²) in [6, 6.07) is 8.91. The number of hydrogen-bond acceptors (Lipinski definition) is 5. The lowest BCUT2D eigenvalue weighted by Gasteiger charge is -2.35. The lowest BCUT2D eigenvalue weighted by molar-refractivity contribution is -0.147. The van der Waals surface area contributed by atoms with E-state index in [1.54, 1.807) is 0 Å². The summed E-state index contributed by atoms with van der Waals surface area (Å²) < 4.78 is 6.56. The topological polar surface area (TPSA) is 108 Å². The van der Waals surface area contributed by atoms with Crippen LogP contribution in [0.5, 0.6) is 0 Å². The summed E-state index contributed by atoms with van der Waals surface area (Å²) in [6.45, 7) is 2.07. The molecule has 1 spiro atoms. The van der Waals surface area contributed by atoms with Gasteiger partial charge in [-0.15, -0.1) is 0 Å². The lowest BCUT2D eigenvalue weighted by atomic mass is 9.66. The molecule has 1 aliphatic carbocycles. The molecular weight excluding hydrogens is 434 g/mol. The fraction of sp³-hybridized carbons (Fsp3) is 0.654. The van der Waals surface area contributed by atoms with E-state index in [9.17, 15) is 19.5 Å². The van der Waals surface area contributed by atoms with Crippen LogP contribution >= 0.6 is 0 Å². The van der Waals surface area contributed by atoms with Gasteiger partial charge in [0, 0.05) is 19.1 Å². The lowest BCUT2D eigenvalue weighted by Crippen LogP contribution is -2.57. The highest BCUT2D eigenvalue weighted by atomic mass is 16.5. The van der Waals surface area contributed by atoms with E-state index in [0.29, 0.717) is 19.4 Å². The largest absolute Gasteiger partial charge is 0.395 e. The molecule has 4 aliphatic rings. The van der Waals surface area contributed by atoms with E-state index in [1.807, 2.05) is 37.3 Å². The molecule has 8 heteroatoms. The second kappa shape index (κ2) is 8.96. The van der Waals surface area contributed by atoms with Gasteiger partial charge in [-0.3, -0.25) is 14.4 Å². The highest BCUT2D eigenvalue weighted by Gasteiger charge is 2.77. The van der Waals surface area contributed by atoms with Crippen LogP contribution in [0.1, 0.15) is 57.4 Å². The molecule has 3 aliphatic heterocycles. The maximum Gasteiger partial charge on any atom is 0.246 e. The van der Waals surface area contributed by atoms with Gasteiger partial charge in [0.15, 0.2) is 0 Å². The predicted molar refractivity (Wildman–Crippen MR) is 124 cm³/mol. The smallest absolute Gasteiger partial charge is 0.246 e. The number of β-amino-alcohol motifs (C(OH)–C–C–N with tert-alkyl or cyclic N) is 1. The third-order valence-electron chi connectivity index (χ3n) is 8.41. The summed E-state index contributed by atoms with van der Waals surface area (Å²) in [7, 11) is 0. The molecule has 3 saturated heterocycles. The van der Waals surface area contributed by atoms with E-state index in [2.05, 4.69) is 10.6 Å². The number of ether oxygens (including phenoxy) is 1. The Morgan fingerprint density at radius 1 is 1.12 bits per heavy atom. The van der Waals surface area contributed by atoms with E-state index in [1.165, 1.54) is 11.3 Å². The molecule has 3 amide bonds. The highest BCUT2D eigenvalue weighted by molar-refractivity contribution is 5.99. The molecule has 2 bridgehead atoms. The second-order valence-electron chi connectivity index (χ2n) is 10.5. The Bertz CT molecular complexity index is 949. The number of carbonyl (C=O) groups excluding carboxylic acids is 3. The van der Waals surface area contributed by atoms with Gasteiger partial charge < -0.3 is 25.4 Å². The summed E-state index contributed by atoms with van der Waals surface area (Å²) in [4.78, 5) is 42.2. The number of amides is 3. The standard InChI is InChI=1S/C26H35N3O5/c1-25-12-13-26(34-25)20(19(25)22(31)27-16-17-8-4-2-5-9-17)24(33)29(14-15-30)21(26)23(32)28-18-10-6-3-7-11-18/h2,4-5,8-9,18-21,30H,3,6-7,10-16H2,1H3,(H,27,31)(H,28,32)/t19-,20+,21?,25+,26?/m1/s1. The molecule has 4 fully saturated rings. The quantitative estimate of drug-likeness (QED) is 0.561. The Hall–Kier alpha value is -2.45. The zero-order valence-corrected chi connectivity index (χ0v) is 19.8. The molecular formula is C26H35N3O5. The Labute approximate surface area is 200 Å². The van der Waals surface area contributed by atoms with Crippen molar-refractivity contribution >= 4 is 17.7 Å². The van der Waals surface area contributed by atoms with Gasteiger partial charge in [-0.1, -0.05) is 49.6 Å². The second-order valence-corrected chi connectivity index (χ2v) is 10.5. The normalized spacial score (nSPS) is 34.8. The van der Waals surface area contributed by atoms with Crippen molar-refractivity contribution in [3.63, 3.8) is 0 Å². The maximum absolute atomic E-state index is 13.7. The van der Waals surface area contributed by atoms with E-state index in [0.717, 1.165) is 31.2 Å². The molecule has 3 N–H and O–H groups in total. The summed E-state index contributed by atoms with van der Waals surface area (Å²) >= 11 is 0. The van der Waals surface area contributed by atoms with Crippen molar-refractivity contribution in [1.29, 1.82) is 0 Å². The van der Waals surface area contributed by atoms with Crippen LogP contribution in [-0.2, 0) is 25.7 Å². The third-order valence-corrected chi connectivity index (χ3v) is 8.41. The highest BCUT2D eigenvalue weighted by Crippen LogP contribution is 2.63. The Morgan fingerprint density at radius 3 is 2.56 bits per heavy atom. The van der Waals surface area contributed by atoms with Gasteiger partial charge in [0.25, 0.3) is 0 Å². The van der Waals surface area contributed by atoms with Crippen LogP contribution in [0, 0.1) is 11.8 Å². The molecule has 0 radical (unpaired) electrons. The molecule has 8 nitrogen and oxygen atoms in total. The van der Waals surface area contributed by atoms with Crippen molar-refractivity contribution in [2.45, 2.75) is 81.7 Å². The Balaban J connectivity index is 1.41. The van der Waals surface area contributed by atoms with Gasteiger partial charge in [-0.25, -0.2) is 0 Å². The van der Waals surface area contributed by atoms with E-state index >= 15 is 0 Å². The minimum absolute atomic E-state index is 0.0538. The monoisotopic (exact) mass is 469 g/mol. The summed E-state index contributed by atoms with van der Waals surface area (Å²) in [5.74, 6) is -2.10. The molecule has 0 aromatic heterocycles. The number of aliphatic hydroxyl groups excluding tert-OH is 1. The number of likely N-dealkylation sites (tertiary alicyclic amines) is 1. The van der Waals surface area contributed by atoms with Crippen LogP contribution in [0.2, 0.25) is 0 Å². The number of nitrogens with zero attached hydrogens (tertiary/aromatic N) is 1. The number of hydrogen-bond donors (Lipinski definition) is 3. The first-order valence-electron chi connectivity index (χ1n) is 12.6. The third kappa shape index (κ3) is 3.71. The fourth-order valence-corrected chi connectivity index (χ4v) is 6.90. The first-order valence-corrected chi connectivity index (χ1v) is 12.6. The Kier molecular flexibility index (Phi) is 6.14. The number of aliphatic hydroxyl groups is 1. The maximum atomic E-state index is 13.7. The van der Waals surface area contributed by atoms with Crippen LogP contribution in [0.15, 0.2) is 30.3 Å². The number of fused-ring (bicyclic) bond motifs is 1. The van der Waals surface area contributed by atoms with E-state index in [-0.39, 0.29) is 36.9 Å². The van der Waals surface area contributed by atoms with Gasteiger partial charge >= 0.3 is 0 Å². The minimum atomic E-state index is -1.03. The molecule has 5 rings (SSSR count). The minimum Gasteiger partial charge on any atom is -0.395 e. The van der Waals surface area contributed by atoms with Gasteiger partial charge in [-0.2, -0.15) is 0 Å². The van der Waals surface area contributed by atoms with E-state index in [4.69, 9.17) is 4.74 Å². The molecule has 3 heterocycles. The molecule has 1 aromatic rings. The van der Waals surface area contributed by atoms with Crippen molar-refractivity contribution in [3.05, 3.63) is 35.9 Å². The van der Waals surface area contributed by atoms with Crippen LogP contribution < -0.4 is 10.6 Å². The van der Waals surface area contributed by atoms with Crippen LogP contribution in [0.25, 0.3) is 0 Å². The van der Waals surface area contributed by atoms with Gasteiger partial charge in [0.05, 0.1) is 24.0 Å². The van der Waals surface area contributed by atoms with Crippen molar-refractivity contribution in [3.8, 4) is 0 Å². The zero-order valence-electron chi connectivity index (χ0n) is 19.8. The molecule has 1 saturated carbocycles. The average Bonchev–Trinajstić information content (AvgIpc) is 3.40. The van der Waals surface area contributed by atoms with Crippen molar-refractivity contribution in [2.24, 2.45) is 11.8 Å². The summed E-state index contributed by atoms with van der Waals surface area (Å²) in [5.41, 5.74) is -0.853. The van der Waals surface area contributed by atoms with Crippen LogP contribution in [0.3, 0.4) is 0 Å². The number of carbonyl (C=O) groups is 3.